The molecular weight excluding hydrogens is 658 g/mol. The summed E-state index contributed by atoms with van der Waals surface area (Å²) in [5, 5.41) is 14.3. The molecule has 0 aliphatic carbocycles. The number of piperidine rings is 1. The van der Waals surface area contributed by atoms with Gasteiger partial charge < -0.3 is 20.1 Å². The van der Waals surface area contributed by atoms with Crippen LogP contribution < -0.4 is 25.8 Å². The quantitative estimate of drug-likeness (QED) is 0.207. The van der Waals surface area contributed by atoms with E-state index in [2.05, 4.69) is 84.7 Å². The monoisotopic (exact) mass is 701 g/mol. The molecule has 5 aromatic rings. The molecule has 1 aromatic carbocycles. The minimum Gasteiger partial charge on any atom is -0.371 e. The Morgan fingerprint density at radius 2 is 1.81 bits per heavy atom. The van der Waals surface area contributed by atoms with Crippen molar-refractivity contribution in [3.63, 3.8) is 0 Å². The van der Waals surface area contributed by atoms with Gasteiger partial charge in [0.05, 0.1) is 18.4 Å². The van der Waals surface area contributed by atoms with Crippen molar-refractivity contribution in [3.8, 4) is 0 Å². The number of hydrogen-bond donors (Lipinski definition) is 3. The second-order valence-corrected chi connectivity index (χ2v) is 14.1. The van der Waals surface area contributed by atoms with Crippen molar-refractivity contribution in [1.29, 1.82) is 0 Å². The van der Waals surface area contributed by atoms with Gasteiger partial charge in [-0.15, -0.1) is 0 Å². The maximum atomic E-state index is 13.1. The summed E-state index contributed by atoms with van der Waals surface area (Å²) in [6.07, 6.45) is 7.73. The van der Waals surface area contributed by atoms with Crippen LogP contribution in [0.3, 0.4) is 0 Å². The van der Waals surface area contributed by atoms with Crippen LogP contribution in [0, 0.1) is 0 Å². The third kappa shape index (κ3) is 6.99. The maximum absolute atomic E-state index is 13.1. The number of rotatable bonds is 9. The number of aromatic nitrogens is 5. The van der Waals surface area contributed by atoms with Crippen LogP contribution in [0.1, 0.15) is 59.5 Å². The minimum absolute atomic E-state index is 0.252. The molecule has 14 heteroatoms. The lowest BCUT2D eigenvalue weighted by atomic mass is 10.0. The van der Waals surface area contributed by atoms with Crippen molar-refractivity contribution in [1.82, 2.24) is 39.8 Å². The zero-order chi connectivity index (χ0) is 35.8. The third-order valence-electron chi connectivity index (χ3n) is 10.4. The van der Waals surface area contributed by atoms with E-state index in [-0.39, 0.29) is 24.3 Å². The van der Waals surface area contributed by atoms with Crippen LogP contribution in [-0.2, 0) is 24.4 Å². The number of benzene rings is 1. The number of urea groups is 1. The lowest BCUT2D eigenvalue weighted by Gasteiger charge is -2.38. The van der Waals surface area contributed by atoms with Crippen LogP contribution in [0.25, 0.3) is 11.0 Å². The lowest BCUT2D eigenvalue weighted by Crippen LogP contribution is -2.49. The highest BCUT2D eigenvalue weighted by molar-refractivity contribution is 6.05. The molecule has 0 saturated carbocycles. The van der Waals surface area contributed by atoms with Gasteiger partial charge >= 0.3 is 6.03 Å². The molecule has 4 amide bonds. The van der Waals surface area contributed by atoms with Crippen molar-refractivity contribution in [3.05, 3.63) is 95.7 Å². The molecule has 2 saturated heterocycles. The highest BCUT2D eigenvalue weighted by Crippen LogP contribution is 2.27. The van der Waals surface area contributed by atoms with Crippen LogP contribution in [0.4, 0.5) is 22.0 Å². The second-order valence-electron chi connectivity index (χ2n) is 14.1. The number of pyridine rings is 2. The van der Waals surface area contributed by atoms with Crippen molar-refractivity contribution < 1.29 is 14.4 Å². The van der Waals surface area contributed by atoms with E-state index in [4.69, 9.17) is 4.98 Å². The summed E-state index contributed by atoms with van der Waals surface area (Å²) < 4.78 is 4.05. The predicted octanol–water partition coefficient (Wildman–Crippen LogP) is 4.14. The first-order valence-corrected chi connectivity index (χ1v) is 17.9. The van der Waals surface area contributed by atoms with Gasteiger partial charge in [0.15, 0.2) is 0 Å². The van der Waals surface area contributed by atoms with Gasteiger partial charge in [-0.2, -0.15) is 5.10 Å². The number of carbonyl (C=O) groups excluding carboxylic acids is 3. The average molecular weight is 702 g/mol. The van der Waals surface area contributed by atoms with Gasteiger partial charge in [-0.05, 0) is 74.3 Å². The summed E-state index contributed by atoms with van der Waals surface area (Å²) in [5.74, 6) is 0.0480. The molecule has 3 aliphatic rings. The number of nitrogens with zero attached hydrogens (tertiary/aromatic N) is 8. The van der Waals surface area contributed by atoms with Crippen LogP contribution in [0.5, 0.6) is 0 Å². The molecule has 0 spiro atoms. The van der Waals surface area contributed by atoms with E-state index in [1.165, 1.54) is 16.3 Å². The third-order valence-corrected chi connectivity index (χ3v) is 10.4. The first-order valence-electron chi connectivity index (χ1n) is 17.9. The van der Waals surface area contributed by atoms with E-state index >= 15 is 0 Å². The largest absolute Gasteiger partial charge is 0.371 e. The fraction of sp³-hybridized carbons (Fsp3) is 0.368. The van der Waals surface area contributed by atoms with Gasteiger partial charge in [-0.3, -0.25) is 29.4 Å². The molecule has 14 nitrogen and oxygen atoms in total. The molecule has 8 rings (SSSR count). The molecule has 0 radical (unpaired) electrons. The Bertz CT molecular complexity index is 2100. The van der Waals surface area contributed by atoms with Crippen LogP contribution >= 0.6 is 0 Å². The van der Waals surface area contributed by atoms with Gasteiger partial charge in [-0.25, -0.2) is 14.8 Å². The first-order chi connectivity index (χ1) is 25.3. The Morgan fingerprint density at radius 3 is 2.58 bits per heavy atom. The number of imide groups is 1. The normalized spacial score (nSPS) is 18.2. The number of hydrogen-bond acceptors (Lipinski definition) is 9. The van der Waals surface area contributed by atoms with Crippen LogP contribution in [0.15, 0.2) is 73.2 Å². The molecule has 0 bridgehead atoms. The summed E-state index contributed by atoms with van der Waals surface area (Å²) in [4.78, 5) is 52.3. The number of amides is 4. The fourth-order valence-corrected chi connectivity index (χ4v) is 7.55. The van der Waals surface area contributed by atoms with Gasteiger partial charge in [-0.1, -0.05) is 18.2 Å². The minimum atomic E-state index is -0.421. The van der Waals surface area contributed by atoms with E-state index < -0.39 is 6.03 Å². The van der Waals surface area contributed by atoms with E-state index in [1.54, 1.807) is 12.3 Å². The Labute approximate surface area is 301 Å². The summed E-state index contributed by atoms with van der Waals surface area (Å²) in [6.45, 7) is 7.49. The first kappa shape index (κ1) is 33.5. The Kier molecular flexibility index (Phi) is 9.16. The Balaban J connectivity index is 0.811. The van der Waals surface area contributed by atoms with Gasteiger partial charge in [0.2, 0.25) is 5.91 Å². The molecular formula is C38H43N11O3. The maximum Gasteiger partial charge on any atom is 0.329 e. The summed E-state index contributed by atoms with van der Waals surface area (Å²) in [5.41, 5.74) is 6.46. The van der Waals surface area contributed by atoms with Crippen molar-refractivity contribution in [2.75, 3.05) is 48.3 Å². The van der Waals surface area contributed by atoms with Crippen molar-refractivity contribution >= 4 is 46.1 Å². The predicted molar refractivity (Wildman–Crippen MR) is 198 cm³/mol. The van der Waals surface area contributed by atoms with Gasteiger partial charge in [0.1, 0.15) is 17.2 Å². The molecule has 3 aliphatic heterocycles. The van der Waals surface area contributed by atoms with E-state index in [1.807, 2.05) is 35.3 Å². The molecule has 268 valence electrons. The number of carbonyl (C=O) groups is 3. The van der Waals surface area contributed by atoms with Crippen LogP contribution in [-0.4, -0.2) is 86.3 Å². The fourth-order valence-electron chi connectivity index (χ4n) is 7.55. The zero-order valence-corrected chi connectivity index (χ0v) is 29.5. The smallest absolute Gasteiger partial charge is 0.329 e. The molecule has 4 aromatic heterocycles. The zero-order valence-electron chi connectivity index (χ0n) is 29.5. The molecule has 2 fully saturated rings. The molecule has 0 unspecified atom stereocenters. The number of nitrogens with one attached hydrogen (secondary N) is 3. The van der Waals surface area contributed by atoms with Crippen molar-refractivity contribution in [2.45, 2.75) is 57.9 Å². The molecule has 52 heavy (non-hydrogen) atoms. The van der Waals surface area contributed by atoms with Gasteiger partial charge in [0, 0.05) is 86.9 Å². The summed E-state index contributed by atoms with van der Waals surface area (Å²) in [7, 11) is 2.16. The number of fused-ring (bicyclic) bond motifs is 3. The lowest BCUT2D eigenvalue weighted by molar-refractivity contribution is -0.120. The molecule has 7 heterocycles. The van der Waals surface area contributed by atoms with Crippen molar-refractivity contribution in [2.24, 2.45) is 0 Å². The molecule has 1 atom stereocenters. The SMILES string of the molecule is C[C@@H]1CNCc2cc3ccc(C(=O)Nc4cnn(Cc5ccc(N6CCC(N(C)Cc7ccc(N8CCC(=O)NC8=O)nc7)CC6)cc5)c4)nc3n21. The van der Waals surface area contributed by atoms with E-state index in [0.717, 1.165) is 67.7 Å². The summed E-state index contributed by atoms with van der Waals surface area (Å²) in [6, 6.07) is 18.7. The topological polar surface area (TPSA) is 146 Å². The molecule has 3 N–H and O–H groups in total. The standard InChI is InChI=1S/C38H43N11O3/c1-25-18-39-21-32-17-28-6-9-33(43-36(28)49(25)32)37(51)42-29-20-41-47(24-29)23-26-3-7-31(8-4-26)46-14-11-30(12-15-46)45(2)22-27-5-10-34(40-19-27)48-16-13-35(50)44-38(48)52/h3-10,17,19-20,24-25,30,39H,11-16,18,21-23H2,1-2H3,(H,42,51)(H,44,50,52)/t25-/m1/s1. The van der Waals surface area contributed by atoms with Gasteiger partial charge in [0.25, 0.3) is 5.91 Å². The number of anilines is 3. The van der Waals surface area contributed by atoms with E-state index in [0.29, 0.717) is 36.3 Å². The highest BCUT2D eigenvalue weighted by Gasteiger charge is 2.26. The summed E-state index contributed by atoms with van der Waals surface area (Å²) >= 11 is 0. The highest BCUT2D eigenvalue weighted by atomic mass is 16.2. The Hall–Kier alpha value is -5.60. The Morgan fingerprint density at radius 1 is 1.00 bits per heavy atom. The van der Waals surface area contributed by atoms with E-state index in [9.17, 15) is 14.4 Å². The van der Waals surface area contributed by atoms with Crippen LogP contribution in [0.2, 0.25) is 0 Å². The second kappa shape index (κ2) is 14.2. The average Bonchev–Trinajstić information content (AvgIpc) is 3.76.